The number of nitrogens with one attached hydrogen (secondary N) is 1. The van der Waals surface area contributed by atoms with E-state index in [0.29, 0.717) is 30.4 Å². The second-order valence-electron chi connectivity index (χ2n) is 4.93. The van der Waals surface area contributed by atoms with Crippen LogP contribution in [0.3, 0.4) is 0 Å². The monoisotopic (exact) mass is 301 g/mol. The van der Waals surface area contributed by atoms with Gasteiger partial charge >= 0.3 is 0 Å². The average Bonchev–Trinajstić information content (AvgIpc) is 3.12. The molecule has 0 bridgehead atoms. The number of aryl methyl sites for hydroxylation is 1. The van der Waals surface area contributed by atoms with Crippen molar-refractivity contribution in [2.75, 3.05) is 0 Å². The van der Waals surface area contributed by atoms with Crippen molar-refractivity contribution in [3.63, 3.8) is 0 Å². The summed E-state index contributed by atoms with van der Waals surface area (Å²) in [5.41, 5.74) is 7.35. The summed E-state index contributed by atoms with van der Waals surface area (Å²) in [7, 11) is 0. The summed E-state index contributed by atoms with van der Waals surface area (Å²) in [6.07, 6.45) is 1.59. The van der Waals surface area contributed by atoms with Crippen LogP contribution in [0.15, 0.2) is 50.4 Å². The normalized spacial score (nSPS) is 12.0. The van der Waals surface area contributed by atoms with E-state index in [9.17, 15) is 4.39 Å². The maximum absolute atomic E-state index is 13.3. The molecule has 0 saturated heterocycles. The zero-order chi connectivity index (χ0) is 15.5. The number of rotatable bonds is 4. The minimum atomic E-state index is -0.282. The van der Waals surface area contributed by atoms with E-state index in [1.807, 2.05) is 13.0 Å². The first-order chi connectivity index (χ1) is 10.6. The van der Waals surface area contributed by atoms with E-state index in [1.165, 1.54) is 12.1 Å². The number of hydrogen-bond acceptors (Lipinski definition) is 3. The molecule has 2 heterocycles. The van der Waals surface area contributed by atoms with Crippen molar-refractivity contribution in [2.45, 2.75) is 20.0 Å². The minimum Gasteiger partial charge on any atom is -0.467 e. The molecule has 3 rings (SSSR count). The van der Waals surface area contributed by atoms with Gasteiger partial charge < -0.3 is 19.9 Å². The highest BCUT2D eigenvalue weighted by molar-refractivity contribution is 5.82. The van der Waals surface area contributed by atoms with Crippen LogP contribution in [0.25, 0.3) is 11.0 Å². The third-order valence-corrected chi connectivity index (χ3v) is 3.41. The first kappa shape index (κ1) is 14.2. The summed E-state index contributed by atoms with van der Waals surface area (Å²) >= 11 is 0. The average molecular weight is 301 g/mol. The van der Waals surface area contributed by atoms with E-state index in [-0.39, 0.29) is 5.82 Å². The van der Waals surface area contributed by atoms with Gasteiger partial charge in [-0.3, -0.25) is 0 Å². The highest BCUT2D eigenvalue weighted by atomic mass is 19.1. The van der Waals surface area contributed by atoms with E-state index in [4.69, 9.17) is 14.6 Å². The smallest absolute Gasteiger partial charge is 0.189 e. The van der Waals surface area contributed by atoms with Crippen molar-refractivity contribution in [3.05, 3.63) is 59.5 Å². The van der Waals surface area contributed by atoms with Gasteiger partial charge in [0.2, 0.25) is 0 Å². The quantitative estimate of drug-likeness (QED) is 0.573. The zero-order valence-corrected chi connectivity index (χ0v) is 12.1. The Hall–Kier alpha value is -2.76. The Morgan fingerprint density at radius 2 is 2.23 bits per heavy atom. The SMILES string of the molecule is Cc1c(CNC(N)=NCc2ccco2)oc2ccc(F)cc12. The molecule has 0 unspecified atom stereocenters. The lowest BCUT2D eigenvalue weighted by Gasteiger charge is -2.03. The van der Waals surface area contributed by atoms with Crippen LogP contribution in [0.1, 0.15) is 17.1 Å². The van der Waals surface area contributed by atoms with Crippen LogP contribution in [-0.2, 0) is 13.1 Å². The number of furan rings is 2. The van der Waals surface area contributed by atoms with Crippen molar-refractivity contribution in [1.29, 1.82) is 0 Å². The molecular weight excluding hydrogens is 285 g/mol. The van der Waals surface area contributed by atoms with E-state index in [0.717, 1.165) is 16.7 Å². The Bertz CT molecular complexity index is 806. The van der Waals surface area contributed by atoms with E-state index in [2.05, 4.69) is 10.3 Å². The molecule has 6 heteroatoms. The molecule has 114 valence electrons. The van der Waals surface area contributed by atoms with Crippen LogP contribution in [0.4, 0.5) is 4.39 Å². The molecule has 0 aliphatic carbocycles. The largest absolute Gasteiger partial charge is 0.467 e. The molecule has 0 spiro atoms. The van der Waals surface area contributed by atoms with Crippen molar-refractivity contribution < 1.29 is 13.2 Å². The van der Waals surface area contributed by atoms with Gasteiger partial charge in [0.1, 0.15) is 29.5 Å². The fourth-order valence-corrected chi connectivity index (χ4v) is 2.20. The number of benzene rings is 1. The summed E-state index contributed by atoms with van der Waals surface area (Å²) in [4.78, 5) is 4.17. The molecule has 0 radical (unpaired) electrons. The van der Waals surface area contributed by atoms with Gasteiger partial charge in [-0.2, -0.15) is 0 Å². The second kappa shape index (κ2) is 5.93. The van der Waals surface area contributed by atoms with Crippen molar-refractivity contribution in [2.24, 2.45) is 10.7 Å². The molecule has 1 aromatic carbocycles. The Balaban J connectivity index is 1.68. The summed E-state index contributed by atoms with van der Waals surface area (Å²) in [6, 6.07) is 8.09. The summed E-state index contributed by atoms with van der Waals surface area (Å²) in [5, 5.41) is 3.74. The van der Waals surface area contributed by atoms with Crippen LogP contribution in [0.5, 0.6) is 0 Å². The fraction of sp³-hybridized carbons (Fsp3) is 0.188. The summed E-state index contributed by atoms with van der Waals surface area (Å²) in [5.74, 6) is 1.45. The lowest BCUT2D eigenvalue weighted by atomic mass is 10.1. The second-order valence-corrected chi connectivity index (χ2v) is 4.93. The van der Waals surface area contributed by atoms with Gasteiger partial charge in [0, 0.05) is 10.9 Å². The first-order valence-electron chi connectivity index (χ1n) is 6.87. The lowest BCUT2D eigenvalue weighted by molar-refractivity contribution is 0.511. The topological polar surface area (TPSA) is 76.7 Å². The Morgan fingerprint density at radius 3 is 3.00 bits per heavy atom. The van der Waals surface area contributed by atoms with E-state index in [1.54, 1.807) is 18.4 Å². The molecule has 0 fully saturated rings. The number of aliphatic imine (C=N–C) groups is 1. The van der Waals surface area contributed by atoms with Crippen LogP contribution >= 0.6 is 0 Å². The molecule has 0 aliphatic heterocycles. The van der Waals surface area contributed by atoms with Crippen LogP contribution in [0, 0.1) is 12.7 Å². The fourth-order valence-electron chi connectivity index (χ4n) is 2.20. The van der Waals surface area contributed by atoms with Crippen molar-refractivity contribution >= 4 is 16.9 Å². The van der Waals surface area contributed by atoms with Crippen LogP contribution in [-0.4, -0.2) is 5.96 Å². The van der Waals surface area contributed by atoms with Gasteiger partial charge in [0.05, 0.1) is 12.8 Å². The summed E-state index contributed by atoms with van der Waals surface area (Å²) < 4.78 is 24.1. The molecule has 3 aromatic rings. The van der Waals surface area contributed by atoms with Crippen molar-refractivity contribution in [1.82, 2.24) is 5.32 Å². The maximum Gasteiger partial charge on any atom is 0.189 e. The number of fused-ring (bicyclic) bond motifs is 1. The zero-order valence-electron chi connectivity index (χ0n) is 12.1. The Labute approximate surface area is 126 Å². The number of guanidine groups is 1. The van der Waals surface area contributed by atoms with E-state index >= 15 is 0 Å². The predicted molar refractivity (Wildman–Crippen MR) is 81.8 cm³/mol. The number of nitrogens with two attached hydrogens (primary N) is 1. The van der Waals surface area contributed by atoms with Gasteiger partial charge in [0.25, 0.3) is 0 Å². The standard InChI is InChI=1S/C16H16FN3O2/c1-10-13-7-11(17)4-5-14(13)22-15(10)9-20-16(18)19-8-12-3-2-6-21-12/h2-7H,8-9H2,1H3,(H3,18,19,20). The number of hydrogen-bond donors (Lipinski definition) is 2. The van der Waals surface area contributed by atoms with E-state index < -0.39 is 0 Å². The molecular formula is C16H16FN3O2. The molecule has 0 amide bonds. The molecule has 5 nitrogen and oxygen atoms in total. The number of halogens is 1. The molecule has 0 saturated carbocycles. The third-order valence-electron chi connectivity index (χ3n) is 3.41. The molecule has 0 atom stereocenters. The Kier molecular flexibility index (Phi) is 3.82. The van der Waals surface area contributed by atoms with Gasteiger partial charge in [-0.25, -0.2) is 9.38 Å². The third kappa shape index (κ3) is 2.95. The first-order valence-corrected chi connectivity index (χ1v) is 6.87. The molecule has 3 N–H and O–H groups in total. The van der Waals surface area contributed by atoms with Crippen molar-refractivity contribution in [3.8, 4) is 0 Å². The van der Waals surface area contributed by atoms with Gasteiger partial charge in [0.15, 0.2) is 5.96 Å². The van der Waals surface area contributed by atoms with Gasteiger partial charge in [-0.05, 0) is 37.3 Å². The maximum atomic E-state index is 13.3. The Morgan fingerprint density at radius 1 is 1.36 bits per heavy atom. The number of nitrogens with zero attached hydrogens (tertiary/aromatic N) is 1. The highest BCUT2D eigenvalue weighted by Gasteiger charge is 2.11. The van der Waals surface area contributed by atoms with Gasteiger partial charge in [-0.1, -0.05) is 0 Å². The predicted octanol–water partition coefficient (Wildman–Crippen LogP) is 3.08. The molecule has 22 heavy (non-hydrogen) atoms. The molecule has 0 aliphatic rings. The lowest BCUT2D eigenvalue weighted by Crippen LogP contribution is -2.31. The van der Waals surface area contributed by atoms with Crippen LogP contribution in [0.2, 0.25) is 0 Å². The molecule has 2 aromatic heterocycles. The minimum absolute atomic E-state index is 0.282. The van der Waals surface area contributed by atoms with Crippen LogP contribution < -0.4 is 11.1 Å². The summed E-state index contributed by atoms with van der Waals surface area (Å²) in [6.45, 7) is 2.64. The van der Waals surface area contributed by atoms with Gasteiger partial charge in [-0.15, -0.1) is 0 Å². The highest BCUT2D eigenvalue weighted by Crippen LogP contribution is 2.25.